The van der Waals surface area contributed by atoms with E-state index in [0.717, 1.165) is 23.5 Å². The van der Waals surface area contributed by atoms with E-state index < -0.39 is 6.10 Å². The van der Waals surface area contributed by atoms with Gasteiger partial charge in [0.25, 0.3) is 0 Å². The molecule has 1 N–H and O–H groups in total. The van der Waals surface area contributed by atoms with E-state index in [9.17, 15) is 5.11 Å². The average molecular weight is 249 g/mol. The van der Waals surface area contributed by atoms with Crippen molar-refractivity contribution in [3.63, 3.8) is 0 Å². The van der Waals surface area contributed by atoms with Crippen molar-refractivity contribution in [1.82, 2.24) is 0 Å². The molecule has 100 valence electrons. The molecule has 0 aliphatic carbocycles. The first kappa shape index (κ1) is 14.6. The van der Waals surface area contributed by atoms with Gasteiger partial charge in [0.15, 0.2) is 0 Å². The number of anilines is 1. The molecule has 1 rings (SSSR count). The predicted octanol–water partition coefficient (Wildman–Crippen LogP) is 3.15. The van der Waals surface area contributed by atoms with Crippen LogP contribution in [0.1, 0.15) is 32.4 Å². The van der Waals surface area contributed by atoms with E-state index in [4.69, 9.17) is 4.74 Å². The van der Waals surface area contributed by atoms with Gasteiger partial charge in [0.1, 0.15) is 5.75 Å². The van der Waals surface area contributed by atoms with Gasteiger partial charge in [-0.2, -0.15) is 0 Å². The van der Waals surface area contributed by atoms with E-state index >= 15 is 0 Å². The van der Waals surface area contributed by atoms with Crippen molar-refractivity contribution in [1.29, 1.82) is 0 Å². The van der Waals surface area contributed by atoms with Crippen molar-refractivity contribution in [2.75, 3.05) is 18.6 Å². The third-order valence-corrected chi connectivity index (χ3v) is 2.94. The molecule has 3 heteroatoms. The second-order valence-corrected chi connectivity index (χ2v) is 4.60. The number of aliphatic hydroxyl groups excluding tert-OH is 1. The van der Waals surface area contributed by atoms with Crippen LogP contribution in [0.15, 0.2) is 30.9 Å². The van der Waals surface area contributed by atoms with Crippen molar-refractivity contribution in [3.8, 4) is 5.75 Å². The minimum absolute atomic E-state index is 0.326. The summed E-state index contributed by atoms with van der Waals surface area (Å²) in [4.78, 5) is 2.19. The number of aliphatic hydroxyl groups is 1. The number of benzene rings is 1. The third kappa shape index (κ3) is 3.05. The van der Waals surface area contributed by atoms with Crippen molar-refractivity contribution in [2.45, 2.75) is 32.9 Å². The molecule has 0 saturated heterocycles. The Kier molecular flexibility index (Phi) is 5.23. The normalized spacial score (nSPS) is 12.3. The molecule has 0 saturated carbocycles. The maximum atomic E-state index is 9.98. The first-order valence-corrected chi connectivity index (χ1v) is 6.25. The lowest BCUT2D eigenvalue weighted by molar-refractivity contribution is 0.194. The summed E-state index contributed by atoms with van der Waals surface area (Å²) in [5.41, 5.74) is 1.83. The van der Waals surface area contributed by atoms with Crippen molar-refractivity contribution in [2.24, 2.45) is 0 Å². The molecular weight excluding hydrogens is 226 g/mol. The first-order chi connectivity index (χ1) is 8.52. The zero-order valence-corrected chi connectivity index (χ0v) is 11.7. The van der Waals surface area contributed by atoms with Crippen LogP contribution in [-0.4, -0.2) is 24.8 Å². The van der Waals surface area contributed by atoms with Crippen LogP contribution < -0.4 is 9.64 Å². The lowest BCUT2D eigenvalue weighted by Crippen LogP contribution is -2.32. The number of hydrogen-bond acceptors (Lipinski definition) is 3. The van der Waals surface area contributed by atoms with Gasteiger partial charge in [-0.05, 0) is 32.9 Å². The first-order valence-electron chi connectivity index (χ1n) is 6.25. The van der Waals surface area contributed by atoms with Gasteiger partial charge in [0.05, 0.1) is 13.2 Å². The van der Waals surface area contributed by atoms with Gasteiger partial charge >= 0.3 is 0 Å². The van der Waals surface area contributed by atoms with E-state index in [1.807, 2.05) is 24.3 Å². The van der Waals surface area contributed by atoms with E-state index in [1.165, 1.54) is 0 Å². The number of methoxy groups -OCH3 is 1. The van der Waals surface area contributed by atoms with E-state index in [2.05, 4.69) is 25.3 Å². The van der Waals surface area contributed by atoms with Crippen molar-refractivity contribution >= 4 is 5.69 Å². The van der Waals surface area contributed by atoms with Gasteiger partial charge in [-0.15, -0.1) is 6.58 Å². The van der Waals surface area contributed by atoms with E-state index in [1.54, 1.807) is 14.0 Å². The minimum Gasteiger partial charge on any atom is -0.496 e. The Hall–Kier alpha value is -1.48. The highest BCUT2D eigenvalue weighted by Crippen LogP contribution is 2.35. The highest BCUT2D eigenvalue weighted by atomic mass is 16.5. The summed E-state index contributed by atoms with van der Waals surface area (Å²) < 4.78 is 5.34. The molecular formula is C15H23NO2. The maximum Gasteiger partial charge on any atom is 0.126 e. The monoisotopic (exact) mass is 249 g/mol. The molecule has 0 fully saturated rings. The molecule has 0 radical (unpaired) electrons. The predicted molar refractivity (Wildman–Crippen MR) is 76.3 cm³/mol. The van der Waals surface area contributed by atoms with Gasteiger partial charge in [-0.1, -0.05) is 12.1 Å². The summed E-state index contributed by atoms with van der Waals surface area (Å²) in [7, 11) is 1.62. The largest absolute Gasteiger partial charge is 0.496 e. The highest BCUT2D eigenvalue weighted by Gasteiger charge is 2.19. The summed E-state index contributed by atoms with van der Waals surface area (Å²) >= 11 is 0. The number of hydrogen-bond donors (Lipinski definition) is 1. The molecule has 0 amide bonds. The van der Waals surface area contributed by atoms with E-state index in [0.29, 0.717) is 6.04 Å². The fourth-order valence-corrected chi connectivity index (χ4v) is 2.11. The van der Waals surface area contributed by atoms with E-state index in [-0.39, 0.29) is 0 Å². The Labute approximate surface area is 110 Å². The number of rotatable bonds is 6. The lowest BCUT2D eigenvalue weighted by Gasteiger charge is -2.31. The molecule has 1 aromatic carbocycles. The SMILES string of the molecule is C=CCN(c1cccc(OC)c1[C@H](C)O)C(C)C. The third-order valence-electron chi connectivity index (χ3n) is 2.94. The Morgan fingerprint density at radius 2 is 2.06 bits per heavy atom. The average Bonchev–Trinajstić information content (AvgIpc) is 2.34. The van der Waals surface area contributed by atoms with Crippen LogP contribution in [0.4, 0.5) is 5.69 Å². The summed E-state index contributed by atoms with van der Waals surface area (Å²) in [5, 5.41) is 9.98. The van der Waals surface area contributed by atoms with Crippen LogP contribution >= 0.6 is 0 Å². The highest BCUT2D eigenvalue weighted by molar-refractivity contribution is 5.61. The molecule has 0 heterocycles. The fourth-order valence-electron chi connectivity index (χ4n) is 2.11. The molecule has 0 spiro atoms. The van der Waals surface area contributed by atoms with Gasteiger partial charge in [0.2, 0.25) is 0 Å². The second-order valence-electron chi connectivity index (χ2n) is 4.60. The molecule has 3 nitrogen and oxygen atoms in total. The molecule has 0 aliphatic heterocycles. The maximum absolute atomic E-state index is 9.98. The fraction of sp³-hybridized carbons (Fsp3) is 0.467. The lowest BCUT2D eigenvalue weighted by atomic mass is 10.0. The summed E-state index contributed by atoms with van der Waals surface area (Å²) in [6.07, 6.45) is 1.30. The van der Waals surface area contributed by atoms with Crippen molar-refractivity contribution in [3.05, 3.63) is 36.4 Å². The van der Waals surface area contributed by atoms with Gasteiger partial charge in [-0.3, -0.25) is 0 Å². The molecule has 0 aliphatic rings. The van der Waals surface area contributed by atoms with Gasteiger partial charge in [-0.25, -0.2) is 0 Å². The topological polar surface area (TPSA) is 32.7 Å². The molecule has 18 heavy (non-hydrogen) atoms. The summed E-state index contributed by atoms with van der Waals surface area (Å²) in [6.45, 7) is 10.5. The van der Waals surface area contributed by atoms with Gasteiger partial charge in [0, 0.05) is 23.8 Å². The Morgan fingerprint density at radius 3 is 2.50 bits per heavy atom. The molecule has 1 atom stereocenters. The zero-order chi connectivity index (χ0) is 13.7. The quantitative estimate of drug-likeness (QED) is 0.786. The van der Waals surface area contributed by atoms with Crippen LogP contribution in [0.3, 0.4) is 0 Å². The smallest absolute Gasteiger partial charge is 0.126 e. The molecule has 1 aromatic rings. The van der Waals surface area contributed by atoms with Gasteiger partial charge < -0.3 is 14.7 Å². The summed E-state index contributed by atoms with van der Waals surface area (Å²) in [5.74, 6) is 0.720. The molecule has 0 unspecified atom stereocenters. The van der Waals surface area contributed by atoms with Crippen molar-refractivity contribution < 1.29 is 9.84 Å². The molecule has 0 aromatic heterocycles. The zero-order valence-electron chi connectivity index (χ0n) is 11.7. The minimum atomic E-state index is -0.567. The number of ether oxygens (including phenoxy) is 1. The van der Waals surface area contributed by atoms with Crippen LogP contribution in [-0.2, 0) is 0 Å². The van der Waals surface area contributed by atoms with Crippen LogP contribution in [0.5, 0.6) is 5.75 Å². The number of nitrogens with zero attached hydrogens (tertiary/aromatic N) is 1. The molecule has 0 bridgehead atoms. The Bertz CT molecular complexity index is 399. The standard InChI is InChI=1S/C15H23NO2/c1-6-10-16(11(2)3)13-8-7-9-14(18-5)15(13)12(4)17/h6-9,11-12,17H,1,10H2,2-5H3/t12-/m0/s1. The van der Waals surface area contributed by atoms with Crippen LogP contribution in [0, 0.1) is 0 Å². The van der Waals surface area contributed by atoms with Crippen LogP contribution in [0.2, 0.25) is 0 Å². The summed E-state index contributed by atoms with van der Waals surface area (Å²) in [6, 6.07) is 6.15. The van der Waals surface area contributed by atoms with Crippen LogP contribution in [0.25, 0.3) is 0 Å². The Balaban J connectivity index is 3.32. The Morgan fingerprint density at radius 1 is 1.39 bits per heavy atom. The second kappa shape index (κ2) is 6.45.